The Morgan fingerprint density at radius 3 is 2.32 bits per heavy atom. The summed E-state index contributed by atoms with van der Waals surface area (Å²) in [5.74, 6) is 0.868. The van der Waals surface area contributed by atoms with Crippen LogP contribution in [0, 0.1) is 0 Å². The molecule has 0 fully saturated rings. The van der Waals surface area contributed by atoms with Gasteiger partial charge in [-0.3, -0.25) is 4.99 Å². The summed E-state index contributed by atoms with van der Waals surface area (Å²) in [6.07, 6.45) is 2.93. The first-order chi connectivity index (χ1) is 9.33. The summed E-state index contributed by atoms with van der Waals surface area (Å²) in [5.41, 5.74) is 2.35. The maximum absolute atomic E-state index is 5.14. The molecule has 2 rings (SSSR count). The lowest BCUT2D eigenvalue weighted by atomic mass is 10.1. The third-order valence-electron chi connectivity index (χ3n) is 3.09. The third kappa shape index (κ3) is 3.68. The highest BCUT2D eigenvalue weighted by Gasteiger charge is 2.05. The molecule has 0 saturated heterocycles. The molecule has 0 heterocycles. The molecule has 2 aromatic carbocycles. The normalized spacial score (nSPS) is 12.5. The Balaban J connectivity index is 2.11. The van der Waals surface area contributed by atoms with Gasteiger partial charge in [-0.25, -0.2) is 0 Å². The molecule has 2 nitrogen and oxygen atoms in total. The zero-order valence-corrected chi connectivity index (χ0v) is 11.4. The molecule has 98 valence electrons. The van der Waals surface area contributed by atoms with Gasteiger partial charge in [0.05, 0.1) is 13.2 Å². The van der Waals surface area contributed by atoms with E-state index in [0.717, 1.165) is 17.7 Å². The quantitative estimate of drug-likeness (QED) is 0.729. The summed E-state index contributed by atoms with van der Waals surface area (Å²) in [5, 5.41) is 0. The fraction of sp³-hybridized carbons (Fsp3) is 0.235. The molecule has 0 aromatic heterocycles. The van der Waals surface area contributed by atoms with E-state index in [0.29, 0.717) is 0 Å². The van der Waals surface area contributed by atoms with Crippen molar-refractivity contribution >= 4 is 6.21 Å². The van der Waals surface area contributed by atoms with Crippen molar-refractivity contribution in [3.63, 3.8) is 0 Å². The number of aliphatic imine (C=N–C) groups is 1. The van der Waals surface area contributed by atoms with Crippen LogP contribution in [0.25, 0.3) is 0 Å². The van der Waals surface area contributed by atoms with Gasteiger partial charge in [0.25, 0.3) is 0 Å². The second-order valence-corrected chi connectivity index (χ2v) is 4.39. The van der Waals surface area contributed by atoms with Gasteiger partial charge in [0.15, 0.2) is 0 Å². The molecule has 0 aliphatic rings. The molecule has 0 spiro atoms. The van der Waals surface area contributed by atoms with Crippen molar-refractivity contribution < 1.29 is 4.74 Å². The van der Waals surface area contributed by atoms with E-state index in [4.69, 9.17) is 4.74 Å². The number of rotatable bonds is 5. The van der Waals surface area contributed by atoms with Crippen LogP contribution < -0.4 is 4.74 Å². The Labute approximate surface area is 114 Å². The van der Waals surface area contributed by atoms with Gasteiger partial charge in [0, 0.05) is 6.21 Å². The summed E-state index contributed by atoms with van der Waals surface area (Å²) in [6, 6.07) is 18.5. The van der Waals surface area contributed by atoms with Crippen molar-refractivity contribution in [2.75, 3.05) is 7.11 Å². The van der Waals surface area contributed by atoms with Gasteiger partial charge >= 0.3 is 0 Å². The number of hydrogen-bond acceptors (Lipinski definition) is 2. The van der Waals surface area contributed by atoms with Gasteiger partial charge in [-0.05, 0) is 41.8 Å². The van der Waals surface area contributed by atoms with Crippen molar-refractivity contribution in [2.24, 2.45) is 4.99 Å². The molecule has 1 atom stereocenters. The summed E-state index contributed by atoms with van der Waals surface area (Å²) in [7, 11) is 1.67. The fourth-order valence-electron chi connectivity index (χ4n) is 1.97. The average Bonchev–Trinajstić information content (AvgIpc) is 2.49. The highest BCUT2D eigenvalue weighted by Crippen LogP contribution is 2.20. The van der Waals surface area contributed by atoms with E-state index in [9.17, 15) is 0 Å². The second-order valence-electron chi connectivity index (χ2n) is 4.39. The molecule has 0 amide bonds. The lowest BCUT2D eigenvalue weighted by Crippen LogP contribution is -1.94. The van der Waals surface area contributed by atoms with E-state index < -0.39 is 0 Å². The van der Waals surface area contributed by atoms with Crippen LogP contribution in [0.15, 0.2) is 59.6 Å². The highest BCUT2D eigenvalue weighted by molar-refractivity contribution is 5.80. The van der Waals surface area contributed by atoms with Crippen molar-refractivity contribution in [2.45, 2.75) is 19.4 Å². The monoisotopic (exact) mass is 253 g/mol. The Kier molecular flexibility index (Phi) is 4.73. The van der Waals surface area contributed by atoms with Crippen molar-refractivity contribution in [3.05, 3.63) is 65.7 Å². The predicted octanol–water partition coefficient (Wildman–Crippen LogP) is 4.27. The first-order valence-electron chi connectivity index (χ1n) is 6.55. The first-order valence-corrected chi connectivity index (χ1v) is 6.55. The van der Waals surface area contributed by atoms with Gasteiger partial charge in [-0.15, -0.1) is 0 Å². The van der Waals surface area contributed by atoms with E-state index in [1.54, 1.807) is 7.11 Å². The maximum Gasteiger partial charge on any atom is 0.118 e. The van der Waals surface area contributed by atoms with Crippen molar-refractivity contribution in [1.29, 1.82) is 0 Å². The van der Waals surface area contributed by atoms with Gasteiger partial charge in [-0.1, -0.05) is 37.3 Å². The Morgan fingerprint density at radius 2 is 1.74 bits per heavy atom. The van der Waals surface area contributed by atoms with Crippen LogP contribution in [0.5, 0.6) is 5.75 Å². The molecular formula is C17H19NO. The van der Waals surface area contributed by atoms with Gasteiger partial charge in [0.2, 0.25) is 0 Å². The number of ether oxygens (including phenoxy) is 1. The SMILES string of the molecule is CC[C@H](N=Cc1ccc(OC)cc1)c1ccccc1. The van der Waals surface area contributed by atoms with Gasteiger partial charge in [0.1, 0.15) is 5.75 Å². The minimum Gasteiger partial charge on any atom is -0.497 e. The summed E-state index contributed by atoms with van der Waals surface area (Å²) in [4.78, 5) is 4.67. The largest absolute Gasteiger partial charge is 0.497 e. The molecule has 2 aromatic rings. The lowest BCUT2D eigenvalue weighted by Gasteiger charge is -2.09. The van der Waals surface area contributed by atoms with Crippen LogP contribution in [0.3, 0.4) is 0 Å². The minimum absolute atomic E-state index is 0.225. The van der Waals surface area contributed by atoms with Crippen LogP contribution in [-0.4, -0.2) is 13.3 Å². The molecule has 0 unspecified atom stereocenters. The zero-order chi connectivity index (χ0) is 13.5. The van der Waals surface area contributed by atoms with E-state index >= 15 is 0 Å². The molecular weight excluding hydrogens is 234 g/mol. The zero-order valence-electron chi connectivity index (χ0n) is 11.4. The molecule has 0 radical (unpaired) electrons. The van der Waals surface area contributed by atoms with E-state index in [1.807, 2.05) is 36.5 Å². The van der Waals surface area contributed by atoms with Crippen molar-refractivity contribution in [3.8, 4) is 5.75 Å². The average molecular weight is 253 g/mol. The predicted molar refractivity (Wildman–Crippen MR) is 80.1 cm³/mol. The van der Waals surface area contributed by atoms with Crippen LogP contribution in [0.4, 0.5) is 0 Å². The summed E-state index contributed by atoms with van der Waals surface area (Å²) in [6.45, 7) is 2.16. The Bertz CT molecular complexity index is 517. The number of benzene rings is 2. The number of nitrogens with zero attached hydrogens (tertiary/aromatic N) is 1. The smallest absolute Gasteiger partial charge is 0.118 e. The fourth-order valence-corrected chi connectivity index (χ4v) is 1.97. The summed E-state index contributed by atoms with van der Waals surface area (Å²) >= 11 is 0. The highest BCUT2D eigenvalue weighted by atomic mass is 16.5. The maximum atomic E-state index is 5.14. The molecule has 0 aliphatic carbocycles. The topological polar surface area (TPSA) is 21.6 Å². The molecule has 0 N–H and O–H groups in total. The van der Waals surface area contributed by atoms with Crippen LogP contribution in [-0.2, 0) is 0 Å². The van der Waals surface area contributed by atoms with Gasteiger partial charge in [-0.2, -0.15) is 0 Å². The number of methoxy groups -OCH3 is 1. The molecule has 0 aliphatic heterocycles. The Hall–Kier alpha value is -2.09. The first kappa shape index (κ1) is 13.3. The molecule has 2 heteroatoms. The minimum atomic E-state index is 0.225. The van der Waals surface area contributed by atoms with Gasteiger partial charge < -0.3 is 4.74 Å². The third-order valence-corrected chi connectivity index (χ3v) is 3.09. The number of hydrogen-bond donors (Lipinski definition) is 0. The van der Waals surface area contributed by atoms with Crippen LogP contribution >= 0.6 is 0 Å². The molecule has 19 heavy (non-hydrogen) atoms. The van der Waals surface area contributed by atoms with E-state index in [-0.39, 0.29) is 6.04 Å². The molecule has 0 bridgehead atoms. The van der Waals surface area contributed by atoms with E-state index in [2.05, 4.69) is 36.2 Å². The van der Waals surface area contributed by atoms with E-state index in [1.165, 1.54) is 5.56 Å². The van der Waals surface area contributed by atoms with Crippen molar-refractivity contribution in [1.82, 2.24) is 0 Å². The lowest BCUT2D eigenvalue weighted by molar-refractivity contribution is 0.415. The standard InChI is InChI=1S/C17H19NO/c1-3-17(15-7-5-4-6-8-15)18-13-14-9-11-16(19-2)12-10-14/h4-13,17H,3H2,1-2H3/t17-/m0/s1. The van der Waals surface area contributed by atoms with Crippen LogP contribution in [0.2, 0.25) is 0 Å². The van der Waals surface area contributed by atoms with Crippen LogP contribution in [0.1, 0.15) is 30.5 Å². The second kappa shape index (κ2) is 6.74. The summed E-state index contributed by atoms with van der Waals surface area (Å²) < 4.78 is 5.14. The Morgan fingerprint density at radius 1 is 1.05 bits per heavy atom. The molecule has 0 saturated carbocycles.